The third-order valence-electron chi connectivity index (χ3n) is 4.39. The van der Waals surface area contributed by atoms with Crippen molar-refractivity contribution in [1.29, 1.82) is 0 Å². The number of carbonyl (C=O) groups excluding carboxylic acids is 2. The van der Waals surface area contributed by atoms with Gasteiger partial charge in [-0.2, -0.15) is 13.2 Å². The Balaban J connectivity index is 2.42. The van der Waals surface area contributed by atoms with Crippen molar-refractivity contribution >= 4 is 35.1 Å². The number of nitrogens with one attached hydrogen (secondary N) is 1. The largest absolute Gasteiger partial charge is 0.395 e. The van der Waals surface area contributed by atoms with E-state index in [1.807, 2.05) is 0 Å². The molecule has 0 heterocycles. The van der Waals surface area contributed by atoms with Crippen LogP contribution in [0.5, 0.6) is 0 Å². The molecular formula is C22H17ClF5NO2. The summed E-state index contributed by atoms with van der Waals surface area (Å²) in [6.45, 7) is 4.38. The van der Waals surface area contributed by atoms with Crippen LogP contribution in [0.1, 0.15) is 24.5 Å². The van der Waals surface area contributed by atoms with Crippen LogP contribution in [0, 0.1) is 17.6 Å². The Morgan fingerprint density at radius 3 is 2.23 bits per heavy atom. The Labute approximate surface area is 180 Å². The molecule has 164 valence electrons. The second-order valence-corrected chi connectivity index (χ2v) is 6.98. The van der Waals surface area contributed by atoms with Gasteiger partial charge < -0.3 is 0 Å². The van der Waals surface area contributed by atoms with Gasteiger partial charge in [0.25, 0.3) is 11.8 Å². The van der Waals surface area contributed by atoms with Gasteiger partial charge in [0.15, 0.2) is 0 Å². The van der Waals surface area contributed by atoms with Crippen LogP contribution in [0.3, 0.4) is 0 Å². The molecule has 0 aliphatic heterocycles. The number of amides is 2. The van der Waals surface area contributed by atoms with Crippen LogP contribution in [0.25, 0.3) is 11.6 Å². The highest BCUT2D eigenvalue weighted by Crippen LogP contribution is 2.34. The molecule has 0 fully saturated rings. The second kappa shape index (κ2) is 9.87. The summed E-state index contributed by atoms with van der Waals surface area (Å²) in [7, 11) is 0. The Kier molecular flexibility index (Phi) is 7.73. The Morgan fingerprint density at radius 2 is 1.71 bits per heavy atom. The lowest BCUT2D eigenvalue weighted by molar-refractivity contribution is -0.167. The first-order valence-corrected chi connectivity index (χ1v) is 9.35. The summed E-state index contributed by atoms with van der Waals surface area (Å²) in [5.74, 6) is -6.66. The molecule has 0 saturated heterocycles. The Hall–Kier alpha value is -3.00. The monoisotopic (exact) mass is 457 g/mol. The maximum absolute atomic E-state index is 14.3. The highest BCUT2D eigenvalue weighted by Gasteiger charge is 2.42. The van der Waals surface area contributed by atoms with E-state index < -0.39 is 53.1 Å². The summed E-state index contributed by atoms with van der Waals surface area (Å²) < 4.78 is 66.8. The molecule has 1 N–H and O–H groups in total. The lowest BCUT2D eigenvalue weighted by Crippen LogP contribution is -2.37. The van der Waals surface area contributed by atoms with Gasteiger partial charge in [0.1, 0.15) is 11.6 Å². The molecule has 2 aromatic rings. The summed E-state index contributed by atoms with van der Waals surface area (Å²) in [4.78, 5) is 25.0. The number of rotatable bonds is 6. The molecule has 2 aromatic carbocycles. The maximum atomic E-state index is 14.3. The normalized spacial score (nSPS) is 12.9. The van der Waals surface area contributed by atoms with Crippen LogP contribution >= 0.6 is 11.6 Å². The van der Waals surface area contributed by atoms with Crippen LogP contribution in [-0.2, 0) is 9.59 Å². The molecule has 2 amide bonds. The van der Waals surface area contributed by atoms with E-state index >= 15 is 0 Å². The quantitative estimate of drug-likeness (QED) is 0.331. The first-order valence-electron chi connectivity index (χ1n) is 8.98. The van der Waals surface area contributed by atoms with Crippen LogP contribution in [0.15, 0.2) is 54.6 Å². The predicted molar refractivity (Wildman–Crippen MR) is 108 cm³/mol. The lowest BCUT2D eigenvalue weighted by Gasteiger charge is -2.20. The molecule has 0 aromatic heterocycles. The number of halogens is 6. The highest BCUT2D eigenvalue weighted by molar-refractivity contribution is 6.31. The summed E-state index contributed by atoms with van der Waals surface area (Å²) in [5.41, 5.74) is -1.23. The average molecular weight is 458 g/mol. The standard InChI is InChI=1S/C22H17ClF5NO2/c1-3-18(22(26,27)28)12(2)20(30)29-21(31)17(10-13-4-6-14(23)7-5-13)16-9-8-15(24)11-19(16)25/h4-11,18H,2-3H2,1H3,(H,29,30,31)/b17-10+. The minimum atomic E-state index is -4.72. The van der Waals surface area contributed by atoms with Gasteiger partial charge in [-0.25, -0.2) is 8.78 Å². The fraction of sp³-hybridized carbons (Fsp3) is 0.182. The third kappa shape index (κ3) is 6.24. The minimum Gasteiger partial charge on any atom is -0.288 e. The van der Waals surface area contributed by atoms with Gasteiger partial charge in [-0.3, -0.25) is 14.9 Å². The van der Waals surface area contributed by atoms with Crippen LogP contribution in [0.2, 0.25) is 5.02 Å². The number of carbonyl (C=O) groups is 2. The van der Waals surface area contributed by atoms with Gasteiger partial charge in [0.05, 0.1) is 11.5 Å². The summed E-state index contributed by atoms with van der Waals surface area (Å²) in [6, 6.07) is 8.39. The van der Waals surface area contributed by atoms with Gasteiger partial charge >= 0.3 is 6.18 Å². The molecule has 3 nitrogen and oxygen atoms in total. The third-order valence-corrected chi connectivity index (χ3v) is 4.64. The molecule has 1 atom stereocenters. The first kappa shape index (κ1) is 24.3. The van der Waals surface area contributed by atoms with E-state index in [4.69, 9.17) is 11.6 Å². The number of hydrogen-bond donors (Lipinski definition) is 1. The van der Waals surface area contributed by atoms with Crippen LogP contribution in [-0.4, -0.2) is 18.0 Å². The molecule has 31 heavy (non-hydrogen) atoms. The Morgan fingerprint density at radius 1 is 1.10 bits per heavy atom. The van der Waals surface area contributed by atoms with Crippen molar-refractivity contribution in [3.8, 4) is 0 Å². The van der Waals surface area contributed by atoms with Crippen LogP contribution < -0.4 is 5.32 Å². The van der Waals surface area contributed by atoms with Gasteiger partial charge in [-0.1, -0.05) is 37.2 Å². The van der Waals surface area contributed by atoms with Crippen molar-refractivity contribution in [1.82, 2.24) is 5.32 Å². The number of alkyl halides is 3. The minimum absolute atomic E-state index is 0.352. The van der Waals surface area contributed by atoms with Crippen molar-refractivity contribution in [2.24, 2.45) is 5.92 Å². The van der Waals surface area contributed by atoms with E-state index in [1.54, 1.807) is 5.32 Å². The molecule has 0 aliphatic rings. The van der Waals surface area contributed by atoms with E-state index in [9.17, 15) is 31.5 Å². The molecule has 2 rings (SSSR count). The molecule has 9 heteroatoms. The number of imide groups is 1. The van der Waals surface area contributed by atoms with Crippen molar-refractivity contribution in [3.63, 3.8) is 0 Å². The molecule has 0 spiro atoms. The number of benzene rings is 2. The lowest BCUT2D eigenvalue weighted by atomic mass is 9.96. The first-order chi connectivity index (χ1) is 14.4. The van der Waals surface area contributed by atoms with Gasteiger partial charge in [-0.15, -0.1) is 0 Å². The van der Waals surface area contributed by atoms with Gasteiger partial charge in [0.2, 0.25) is 0 Å². The summed E-state index contributed by atoms with van der Waals surface area (Å²) in [5, 5.41) is 2.20. The van der Waals surface area contributed by atoms with E-state index in [2.05, 4.69) is 6.58 Å². The molecule has 0 aliphatic carbocycles. The zero-order valence-electron chi connectivity index (χ0n) is 16.2. The Bertz CT molecular complexity index is 1030. The van der Waals surface area contributed by atoms with Crippen molar-refractivity contribution < 1.29 is 31.5 Å². The average Bonchev–Trinajstić information content (AvgIpc) is 2.67. The SMILES string of the molecule is C=C(C(=O)NC(=O)/C(=C/c1ccc(Cl)cc1)c1ccc(F)cc1F)C(CC)C(F)(F)F. The fourth-order valence-corrected chi connectivity index (χ4v) is 2.91. The fourth-order valence-electron chi connectivity index (χ4n) is 2.78. The van der Waals surface area contributed by atoms with Crippen LogP contribution in [0.4, 0.5) is 22.0 Å². The van der Waals surface area contributed by atoms with E-state index in [0.717, 1.165) is 12.1 Å². The number of hydrogen-bond acceptors (Lipinski definition) is 2. The maximum Gasteiger partial charge on any atom is 0.395 e. The molecule has 0 saturated carbocycles. The van der Waals surface area contributed by atoms with Crippen molar-refractivity contribution in [3.05, 3.63) is 82.4 Å². The molecule has 0 bridgehead atoms. The second-order valence-electron chi connectivity index (χ2n) is 6.54. The van der Waals surface area contributed by atoms with Gasteiger partial charge in [0, 0.05) is 22.2 Å². The highest BCUT2D eigenvalue weighted by atomic mass is 35.5. The zero-order chi connectivity index (χ0) is 23.3. The van der Waals surface area contributed by atoms with Crippen molar-refractivity contribution in [2.75, 3.05) is 0 Å². The van der Waals surface area contributed by atoms with E-state index in [-0.39, 0.29) is 5.56 Å². The predicted octanol–water partition coefficient (Wildman–Crippen LogP) is 5.95. The van der Waals surface area contributed by atoms with Gasteiger partial charge in [-0.05, 0) is 42.3 Å². The summed E-state index contributed by atoms with van der Waals surface area (Å²) in [6.07, 6.45) is -3.99. The topological polar surface area (TPSA) is 46.2 Å². The van der Waals surface area contributed by atoms with E-state index in [0.29, 0.717) is 16.7 Å². The zero-order valence-corrected chi connectivity index (χ0v) is 17.0. The van der Waals surface area contributed by atoms with Crippen molar-refractivity contribution in [2.45, 2.75) is 19.5 Å². The van der Waals surface area contributed by atoms with E-state index in [1.165, 1.54) is 37.3 Å². The molecule has 0 radical (unpaired) electrons. The smallest absolute Gasteiger partial charge is 0.288 e. The molecule has 1 unspecified atom stereocenters. The summed E-state index contributed by atoms with van der Waals surface area (Å²) >= 11 is 5.81. The molecular weight excluding hydrogens is 441 g/mol.